The standard InChI is InChI=1S/C14H24N2O2S/c1-4-11(5-2)12(15)10-16-13-8-6-7-9-14(13)19(3,17)18/h6-9,11-12,16H,4-5,10,15H2,1-3H3. The Hall–Kier alpha value is -1.07. The van der Waals surface area contributed by atoms with Gasteiger partial charge >= 0.3 is 0 Å². The summed E-state index contributed by atoms with van der Waals surface area (Å²) in [5.74, 6) is 0.456. The van der Waals surface area contributed by atoms with E-state index in [0.29, 0.717) is 23.0 Å². The summed E-state index contributed by atoms with van der Waals surface area (Å²) in [5.41, 5.74) is 6.76. The van der Waals surface area contributed by atoms with E-state index in [-0.39, 0.29) is 6.04 Å². The van der Waals surface area contributed by atoms with Crippen molar-refractivity contribution >= 4 is 15.5 Å². The molecule has 19 heavy (non-hydrogen) atoms. The third kappa shape index (κ3) is 4.51. The Kier molecular flexibility index (Phi) is 5.82. The van der Waals surface area contributed by atoms with Crippen LogP contribution in [0.1, 0.15) is 26.7 Å². The van der Waals surface area contributed by atoms with Crippen molar-refractivity contribution in [2.45, 2.75) is 37.6 Å². The fraction of sp³-hybridized carbons (Fsp3) is 0.571. The first-order valence-corrected chi connectivity index (χ1v) is 8.57. The number of para-hydroxylation sites is 1. The molecule has 0 aliphatic rings. The molecule has 3 N–H and O–H groups in total. The van der Waals surface area contributed by atoms with Crippen LogP contribution in [0.25, 0.3) is 0 Å². The quantitative estimate of drug-likeness (QED) is 0.805. The number of nitrogens with two attached hydrogens (primary N) is 1. The molecular weight excluding hydrogens is 260 g/mol. The minimum Gasteiger partial charge on any atom is -0.382 e. The molecule has 0 saturated heterocycles. The van der Waals surface area contributed by atoms with Gasteiger partial charge in [-0.25, -0.2) is 8.42 Å². The van der Waals surface area contributed by atoms with Crippen molar-refractivity contribution in [1.29, 1.82) is 0 Å². The molecule has 0 fully saturated rings. The van der Waals surface area contributed by atoms with Crippen LogP contribution in [0.5, 0.6) is 0 Å². The number of anilines is 1. The maximum atomic E-state index is 11.7. The van der Waals surface area contributed by atoms with Gasteiger partial charge in [-0.2, -0.15) is 0 Å². The topological polar surface area (TPSA) is 72.2 Å². The SMILES string of the molecule is CCC(CC)C(N)CNc1ccccc1S(C)(=O)=O. The molecule has 0 amide bonds. The molecule has 0 radical (unpaired) electrons. The van der Waals surface area contributed by atoms with Gasteiger partial charge in [-0.3, -0.25) is 0 Å². The van der Waals surface area contributed by atoms with Gasteiger partial charge in [0.05, 0.1) is 10.6 Å². The third-order valence-corrected chi connectivity index (χ3v) is 4.62. The van der Waals surface area contributed by atoms with E-state index >= 15 is 0 Å². The zero-order chi connectivity index (χ0) is 14.5. The van der Waals surface area contributed by atoms with Gasteiger partial charge in [-0.1, -0.05) is 38.8 Å². The van der Waals surface area contributed by atoms with Gasteiger partial charge < -0.3 is 11.1 Å². The smallest absolute Gasteiger partial charge is 0.177 e. The summed E-state index contributed by atoms with van der Waals surface area (Å²) in [6, 6.07) is 6.96. The number of hydrogen-bond acceptors (Lipinski definition) is 4. The van der Waals surface area contributed by atoms with Crippen molar-refractivity contribution in [1.82, 2.24) is 0 Å². The minimum atomic E-state index is -3.22. The summed E-state index contributed by atoms with van der Waals surface area (Å²) in [4.78, 5) is 0.326. The lowest BCUT2D eigenvalue weighted by Gasteiger charge is -2.22. The van der Waals surface area contributed by atoms with E-state index in [4.69, 9.17) is 5.73 Å². The van der Waals surface area contributed by atoms with Gasteiger partial charge in [0.15, 0.2) is 9.84 Å². The number of benzene rings is 1. The molecule has 0 aromatic heterocycles. The van der Waals surface area contributed by atoms with Crippen LogP contribution >= 0.6 is 0 Å². The Morgan fingerprint density at radius 2 is 1.79 bits per heavy atom. The van der Waals surface area contributed by atoms with Crippen molar-refractivity contribution in [3.8, 4) is 0 Å². The molecule has 1 aromatic carbocycles. The molecule has 0 heterocycles. The van der Waals surface area contributed by atoms with Gasteiger partial charge in [-0.15, -0.1) is 0 Å². The van der Waals surface area contributed by atoms with Gasteiger partial charge in [0.2, 0.25) is 0 Å². The highest BCUT2D eigenvalue weighted by molar-refractivity contribution is 7.90. The molecule has 1 unspecified atom stereocenters. The summed E-state index contributed by atoms with van der Waals surface area (Å²) in [7, 11) is -3.22. The van der Waals surface area contributed by atoms with Crippen LogP contribution < -0.4 is 11.1 Å². The van der Waals surface area contributed by atoms with Crippen molar-refractivity contribution in [3.63, 3.8) is 0 Å². The number of rotatable bonds is 7. The summed E-state index contributed by atoms with van der Waals surface area (Å²) < 4.78 is 23.3. The van der Waals surface area contributed by atoms with Crippen molar-refractivity contribution < 1.29 is 8.42 Å². The average Bonchev–Trinajstić information content (AvgIpc) is 2.37. The normalized spacial score (nSPS) is 13.5. The van der Waals surface area contributed by atoms with Crippen molar-refractivity contribution in [3.05, 3.63) is 24.3 Å². The fourth-order valence-corrected chi connectivity index (χ4v) is 3.09. The van der Waals surface area contributed by atoms with Crippen LogP contribution in [0, 0.1) is 5.92 Å². The van der Waals surface area contributed by atoms with Gasteiger partial charge in [-0.05, 0) is 18.1 Å². The molecule has 0 aliphatic heterocycles. The van der Waals surface area contributed by atoms with Crippen LogP contribution in [0.15, 0.2) is 29.2 Å². The van der Waals surface area contributed by atoms with Crippen molar-refractivity contribution in [2.24, 2.45) is 11.7 Å². The first-order valence-electron chi connectivity index (χ1n) is 6.68. The molecule has 5 heteroatoms. The zero-order valence-electron chi connectivity index (χ0n) is 11.9. The van der Waals surface area contributed by atoms with Gasteiger partial charge in [0.1, 0.15) is 0 Å². The van der Waals surface area contributed by atoms with Gasteiger partial charge in [0.25, 0.3) is 0 Å². The van der Waals surface area contributed by atoms with Gasteiger partial charge in [0, 0.05) is 18.8 Å². The van der Waals surface area contributed by atoms with Crippen LogP contribution in [0.2, 0.25) is 0 Å². The zero-order valence-corrected chi connectivity index (χ0v) is 12.7. The lowest BCUT2D eigenvalue weighted by atomic mass is 9.95. The monoisotopic (exact) mass is 284 g/mol. The molecular formula is C14H24N2O2S. The largest absolute Gasteiger partial charge is 0.382 e. The number of sulfone groups is 1. The molecule has 0 aliphatic carbocycles. The van der Waals surface area contributed by atoms with E-state index in [1.165, 1.54) is 6.26 Å². The first-order chi connectivity index (χ1) is 8.90. The van der Waals surface area contributed by atoms with Crippen LogP contribution in [-0.2, 0) is 9.84 Å². The maximum absolute atomic E-state index is 11.7. The van der Waals surface area contributed by atoms with E-state index in [9.17, 15) is 8.42 Å². The predicted molar refractivity (Wildman–Crippen MR) is 80.1 cm³/mol. The third-order valence-electron chi connectivity index (χ3n) is 3.47. The molecule has 1 atom stereocenters. The summed E-state index contributed by atoms with van der Waals surface area (Å²) in [6.07, 6.45) is 3.29. The molecule has 0 saturated carbocycles. The second-order valence-corrected chi connectivity index (χ2v) is 6.87. The Morgan fingerprint density at radius 1 is 1.21 bits per heavy atom. The Bertz CT molecular complexity index is 496. The van der Waals surface area contributed by atoms with E-state index in [1.54, 1.807) is 18.2 Å². The van der Waals surface area contributed by atoms with E-state index in [1.807, 2.05) is 6.07 Å². The minimum absolute atomic E-state index is 0.0302. The molecule has 4 nitrogen and oxygen atoms in total. The summed E-state index contributed by atoms with van der Waals surface area (Å²) >= 11 is 0. The molecule has 0 spiro atoms. The number of hydrogen-bond donors (Lipinski definition) is 2. The highest BCUT2D eigenvalue weighted by Crippen LogP contribution is 2.21. The maximum Gasteiger partial charge on any atom is 0.177 e. The Balaban J connectivity index is 2.79. The van der Waals surface area contributed by atoms with Crippen molar-refractivity contribution in [2.75, 3.05) is 18.1 Å². The van der Waals surface area contributed by atoms with E-state index in [0.717, 1.165) is 12.8 Å². The highest BCUT2D eigenvalue weighted by atomic mass is 32.2. The average molecular weight is 284 g/mol. The lowest BCUT2D eigenvalue weighted by molar-refractivity contribution is 0.407. The second-order valence-electron chi connectivity index (χ2n) is 4.89. The van der Waals surface area contributed by atoms with Crippen LogP contribution in [0.3, 0.4) is 0 Å². The van der Waals surface area contributed by atoms with Crippen LogP contribution in [-0.4, -0.2) is 27.3 Å². The fourth-order valence-electron chi connectivity index (χ4n) is 2.22. The number of nitrogens with one attached hydrogen (secondary N) is 1. The lowest BCUT2D eigenvalue weighted by Crippen LogP contribution is -2.36. The highest BCUT2D eigenvalue weighted by Gasteiger charge is 2.16. The Morgan fingerprint density at radius 3 is 2.32 bits per heavy atom. The molecule has 1 rings (SSSR count). The van der Waals surface area contributed by atoms with E-state index in [2.05, 4.69) is 19.2 Å². The summed E-state index contributed by atoms with van der Waals surface area (Å²) in [5, 5.41) is 3.16. The van der Waals surface area contributed by atoms with Crippen LogP contribution in [0.4, 0.5) is 5.69 Å². The summed E-state index contributed by atoms with van der Waals surface area (Å²) in [6.45, 7) is 4.83. The first kappa shape index (κ1) is 16.0. The predicted octanol–water partition coefficient (Wildman–Crippen LogP) is 2.27. The Labute approximate surface area is 116 Å². The molecule has 108 valence electrons. The molecule has 1 aromatic rings. The molecule has 0 bridgehead atoms. The second kappa shape index (κ2) is 6.91. The van der Waals surface area contributed by atoms with E-state index < -0.39 is 9.84 Å².